The van der Waals surface area contributed by atoms with Crippen molar-refractivity contribution in [3.05, 3.63) is 41.1 Å². The van der Waals surface area contributed by atoms with Crippen LogP contribution in [0.25, 0.3) is 0 Å². The van der Waals surface area contributed by atoms with E-state index in [4.69, 9.17) is 0 Å². The Morgan fingerprint density at radius 1 is 1.19 bits per heavy atom. The summed E-state index contributed by atoms with van der Waals surface area (Å²) in [5.74, 6) is 0. The van der Waals surface area contributed by atoms with Crippen LogP contribution >= 0.6 is 0 Å². The minimum Gasteiger partial charge on any atom is -0.359 e. The summed E-state index contributed by atoms with van der Waals surface area (Å²) in [5.41, 5.74) is 6.33. The van der Waals surface area contributed by atoms with Gasteiger partial charge in [-0.15, -0.1) is 0 Å². The third kappa shape index (κ3) is 2.88. The molecule has 0 bridgehead atoms. The van der Waals surface area contributed by atoms with Crippen molar-refractivity contribution < 1.29 is 0 Å². The second kappa shape index (κ2) is 4.32. The third-order valence-corrected chi connectivity index (χ3v) is 2.88. The molecule has 0 saturated carbocycles. The molecule has 0 spiro atoms. The summed E-state index contributed by atoms with van der Waals surface area (Å²) in [5, 5.41) is 3.33. The molecule has 0 heterocycles. The van der Waals surface area contributed by atoms with Gasteiger partial charge in [-0.1, -0.05) is 33.4 Å². The van der Waals surface area contributed by atoms with Gasteiger partial charge in [0.2, 0.25) is 0 Å². The number of benzene rings is 1. The lowest BCUT2D eigenvalue weighted by atomic mass is 9.85. The summed E-state index contributed by atoms with van der Waals surface area (Å²) in [6.45, 7) is 16.9. The third-order valence-electron chi connectivity index (χ3n) is 2.88. The first-order valence-electron chi connectivity index (χ1n) is 5.76. The summed E-state index contributed by atoms with van der Waals surface area (Å²) in [6.07, 6.45) is 0. The summed E-state index contributed by atoms with van der Waals surface area (Å²) in [4.78, 5) is 0. The fourth-order valence-corrected chi connectivity index (χ4v) is 1.65. The van der Waals surface area contributed by atoms with Gasteiger partial charge in [-0.05, 0) is 48.9 Å². The molecule has 1 aromatic carbocycles. The molecule has 1 heteroatoms. The molecule has 16 heavy (non-hydrogen) atoms. The van der Waals surface area contributed by atoms with Crippen molar-refractivity contribution in [3.63, 3.8) is 0 Å². The number of aryl methyl sites for hydroxylation is 1. The lowest BCUT2D eigenvalue weighted by molar-refractivity contribution is 0.590. The summed E-state index contributed by atoms with van der Waals surface area (Å²) in [6, 6.07) is 4.51. The van der Waals surface area contributed by atoms with Crippen LogP contribution in [-0.2, 0) is 5.41 Å². The molecular weight excluding hydrogens is 194 g/mol. The molecule has 0 aromatic heterocycles. The Bertz CT molecular complexity index is 408. The Kier molecular flexibility index (Phi) is 3.47. The highest BCUT2D eigenvalue weighted by Gasteiger charge is 2.16. The van der Waals surface area contributed by atoms with Crippen LogP contribution in [0.1, 0.15) is 44.4 Å². The number of hydrogen-bond donors (Lipinski definition) is 1. The summed E-state index contributed by atoms with van der Waals surface area (Å²) < 4.78 is 0. The smallest absolute Gasteiger partial charge is 0.0416 e. The van der Waals surface area contributed by atoms with E-state index >= 15 is 0 Å². The molecule has 0 fully saturated rings. The lowest BCUT2D eigenvalue weighted by Gasteiger charge is -2.23. The van der Waals surface area contributed by atoms with Crippen LogP contribution in [0.2, 0.25) is 0 Å². The predicted molar refractivity (Wildman–Crippen MR) is 73.1 cm³/mol. The van der Waals surface area contributed by atoms with Crippen molar-refractivity contribution in [1.82, 2.24) is 0 Å². The second-order valence-electron chi connectivity index (χ2n) is 5.62. The molecule has 0 unspecified atom stereocenters. The predicted octanol–water partition coefficient (Wildman–Crippen LogP) is 4.55. The lowest BCUT2D eigenvalue weighted by Crippen LogP contribution is -2.12. The first-order chi connectivity index (χ1) is 7.21. The number of allylic oxidation sites excluding steroid dienone is 1. The molecular formula is C15H23N. The van der Waals surface area contributed by atoms with Crippen LogP contribution in [0.3, 0.4) is 0 Å². The van der Waals surface area contributed by atoms with E-state index in [0.29, 0.717) is 0 Å². The zero-order chi connectivity index (χ0) is 12.5. The Morgan fingerprint density at radius 2 is 1.75 bits per heavy atom. The van der Waals surface area contributed by atoms with E-state index in [1.807, 2.05) is 6.92 Å². The van der Waals surface area contributed by atoms with Crippen LogP contribution < -0.4 is 5.32 Å². The fraction of sp³-hybridized carbons (Fsp3) is 0.467. The van der Waals surface area contributed by atoms with Gasteiger partial charge in [0.05, 0.1) is 0 Å². The molecule has 0 amide bonds. The van der Waals surface area contributed by atoms with Gasteiger partial charge in [-0.25, -0.2) is 0 Å². The highest BCUT2D eigenvalue weighted by molar-refractivity contribution is 5.59. The van der Waals surface area contributed by atoms with Crippen LogP contribution in [0, 0.1) is 13.8 Å². The van der Waals surface area contributed by atoms with Crippen molar-refractivity contribution >= 4 is 5.69 Å². The zero-order valence-corrected chi connectivity index (χ0v) is 11.4. The SMILES string of the molecule is C=C(C)Nc1cc(C(C)(C)C)cc(C)c1C. The highest BCUT2D eigenvalue weighted by atomic mass is 14.9. The fourth-order valence-electron chi connectivity index (χ4n) is 1.65. The minimum absolute atomic E-state index is 0.184. The van der Waals surface area contributed by atoms with E-state index in [-0.39, 0.29) is 5.41 Å². The Labute approximate surface area is 99.6 Å². The summed E-state index contributed by atoms with van der Waals surface area (Å²) >= 11 is 0. The van der Waals surface area contributed by atoms with E-state index < -0.39 is 0 Å². The molecule has 1 rings (SSSR count). The van der Waals surface area contributed by atoms with Crippen LogP contribution in [0.4, 0.5) is 5.69 Å². The first-order valence-corrected chi connectivity index (χ1v) is 5.76. The average Bonchev–Trinajstić information content (AvgIpc) is 2.10. The molecule has 1 nitrogen and oxygen atoms in total. The maximum Gasteiger partial charge on any atom is 0.0416 e. The molecule has 0 radical (unpaired) electrons. The highest BCUT2D eigenvalue weighted by Crippen LogP contribution is 2.29. The van der Waals surface area contributed by atoms with Crippen LogP contribution in [-0.4, -0.2) is 0 Å². The van der Waals surface area contributed by atoms with Gasteiger partial charge in [0, 0.05) is 11.4 Å². The molecule has 1 aromatic rings. The van der Waals surface area contributed by atoms with Crippen LogP contribution in [0.15, 0.2) is 24.4 Å². The average molecular weight is 217 g/mol. The standard InChI is InChI=1S/C15H23N/c1-10(2)16-14-9-13(15(5,6)7)8-11(3)12(14)4/h8-9,16H,1H2,2-7H3. The number of anilines is 1. The van der Waals surface area contributed by atoms with Crippen molar-refractivity contribution in [2.24, 2.45) is 0 Å². The van der Waals surface area contributed by atoms with E-state index in [9.17, 15) is 0 Å². The van der Waals surface area contributed by atoms with E-state index in [1.54, 1.807) is 0 Å². The zero-order valence-electron chi connectivity index (χ0n) is 11.4. The number of nitrogens with one attached hydrogen (secondary N) is 1. The normalized spacial score (nSPS) is 11.4. The van der Waals surface area contributed by atoms with Crippen molar-refractivity contribution in [3.8, 4) is 0 Å². The number of hydrogen-bond acceptors (Lipinski definition) is 1. The molecule has 0 aliphatic carbocycles. The van der Waals surface area contributed by atoms with Crippen molar-refractivity contribution in [2.75, 3.05) is 5.32 Å². The quantitative estimate of drug-likeness (QED) is 0.766. The topological polar surface area (TPSA) is 12.0 Å². The van der Waals surface area contributed by atoms with Gasteiger partial charge in [0.15, 0.2) is 0 Å². The van der Waals surface area contributed by atoms with E-state index in [2.05, 4.69) is 58.6 Å². The van der Waals surface area contributed by atoms with Gasteiger partial charge in [-0.3, -0.25) is 0 Å². The molecule has 0 saturated heterocycles. The first kappa shape index (κ1) is 12.8. The number of rotatable bonds is 2. The Hall–Kier alpha value is -1.24. The Balaban J connectivity index is 3.27. The largest absolute Gasteiger partial charge is 0.359 e. The van der Waals surface area contributed by atoms with Crippen molar-refractivity contribution in [2.45, 2.75) is 47.0 Å². The van der Waals surface area contributed by atoms with Gasteiger partial charge < -0.3 is 5.32 Å². The molecule has 88 valence electrons. The summed E-state index contributed by atoms with van der Waals surface area (Å²) in [7, 11) is 0. The van der Waals surface area contributed by atoms with Gasteiger partial charge in [0.1, 0.15) is 0 Å². The second-order valence-corrected chi connectivity index (χ2v) is 5.62. The maximum absolute atomic E-state index is 3.90. The van der Waals surface area contributed by atoms with Gasteiger partial charge in [-0.2, -0.15) is 0 Å². The van der Waals surface area contributed by atoms with Gasteiger partial charge in [0.25, 0.3) is 0 Å². The van der Waals surface area contributed by atoms with Crippen molar-refractivity contribution in [1.29, 1.82) is 0 Å². The monoisotopic (exact) mass is 217 g/mol. The molecule has 1 N–H and O–H groups in total. The van der Waals surface area contributed by atoms with Crippen LogP contribution in [0.5, 0.6) is 0 Å². The molecule has 0 atom stereocenters. The maximum atomic E-state index is 3.90. The molecule has 0 aliphatic heterocycles. The minimum atomic E-state index is 0.184. The van der Waals surface area contributed by atoms with E-state index in [1.165, 1.54) is 22.4 Å². The van der Waals surface area contributed by atoms with Gasteiger partial charge >= 0.3 is 0 Å². The Morgan fingerprint density at radius 3 is 2.19 bits per heavy atom. The molecule has 0 aliphatic rings. The van der Waals surface area contributed by atoms with E-state index in [0.717, 1.165) is 5.70 Å².